The molecule has 0 aromatic rings. The molecular formula is C9H20N2. The van der Waals surface area contributed by atoms with Crippen LogP contribution in [0, 0.1) is 0 Å². The van der Waals surface area contributed by atoms with E-state index in [1.165, 1.54) is 6.42 Å². The van der Waals surface area contributed by atoms with Gasteiger partial charge in [-0.2, -0.15) is 0 Å². The van der Waals surface area contributed by atoms with Gasteiger partial charge in [-0.05, 0) is 27.2 Å². The summed E-state index contributed by atoms with van der Waals surface area (Å²) >= 11 is 0. The van der Waals surface area contributed by atoms with E-state index in [-0.39, 0.29) is 5.54 Å². The summed E-state index contributed by atoms with van der Waals surface area (Å²) in [5, 5.41) is 7.11. The van der Waals surface area contributed by atoms with E-state index in [0.717, 1.165) is 13.1 Å². The van der Waals surface area contributed by atoms with Crippen LogP contribution in [-0.2, 0) is 0 Å². The smallest absolute Gasteiger partial charge is 0.0276 e. The lowest BCUT2D eigenvalue weighted by molar-refractivity contribution is 0.199. The maximum Gasteiger partial charge on any atom is 0.0276 e. The topological polar surface area (TPSA) is 24.1 Å². The van der Waals surface area contributed by atoms with Crippen LogP contribution < -0.4 is 10.6 Å². The normalized spacial score (nSPS) is 37.1. The van der Waals surface area contributed by atoms with Crippen molar-refractivity contribution in [2.45, 2.75) is 45.2 Å². The van der Waals surface area contributed by atoms with E-state index in [1.807, 2.05) is 0 Å². The molecule has 0 aliphatic carbocycles. The van der Waals surface area contributed by atoms with Crippen LogP contribution in [0.2, 0.25) is 0 Å². The molecule has 2 N–H and O–H groups in total. The Hall–Kier alpha value is -0.0800. The number of nitrogens with one attached hydrogen (secondary N) is 2. The first kappa shape index (κ1) is 9.01. The largest absolute Gasteiger partial charge is 0.309 e. The summed E-state index contributed by atoms with van der Waals surface area (Å²) in [5.74, 6) is 0. The third kappa shape index (κ3) is 2.17. The van der Waals surface area contributed by atoms with Crippen molar-refractivity contribution >= 4 is 0 Å². The Kier molecular flexibility index (Phi) is 2.26. The Morgan fingerprint density at radius 2 is 1.73 bits per heavy atom. The number of piperazine rings is 1. The first-order valence-corrected chi connectivity index (χ1v) is 4.47. The van der Waals surface area contributed by atoms with E-state index >= 15 is 0 Å². The van der Waals surface area contributed by atoms with Gasteiger partial charge < -0.3 is 10.6 Å². The summed E-state index contributed by atoms with van der Waals surface area (Å²) in [6.45, 7) is 11.1. The van der Waals surface area contributed by atoms with Crippen LogP contribution in [-0.4, -0.2) is 24.2 Å². The van der Waals surface area contributed by atoms with Gasteiger partial charge >= 0.3 is 0 Å². The predicted octanol–water partition coefficient (Wildman–Crippen LogP) is 1.13. The molecule has 0 aromatic carbocycles. The molecular weight excluding hydrogens is 136 g/mol. The van der Waals surface area contributed by atoms with Crippen molar-refractivity contribution in [1.29, 1.82) is 0 Å². The molecule has 1 fully saturated rings. The second-order valence-electron chi connectivity index (χ2n) is 4.51. The van der Waals surface area contributed by atoms with Gasteiger partial charge in [-0.1, -0.05) is 6.92 Å². The minimum Gasteiger partial charge on any atom is -0.309 e. The molecule has 2 heteroatoms. The van der Waals surface area contributed by atoms with Crippen LogP contribution in [0.3, 0.4) is 0 Å². The lowest BCUT2D eigenvalue weighted by Gasteiger charge is -2.43. The third-order valence-corrected chi connectivity index (χ3v) is 2.69. The van der Waals surface area contributed by atoms with Gasteiger partial charge in [-0.25, -0.2) is 0 Å². The zero-order chi connectivity index (χ0) is 8.54. The highest BCUT2D eigenvalue weighted by molar-refractivity contribution is 4.96. The highest BCUT2D eigenvalue weighted by atomic mass is 15.1. The molecule has 1 atom stereocenters. The first-order chi connectivity index (χ1) is 4.97. The van der Waals surface area contributed by atoms with Crippen molar-refractivity contribution in [1.82, 2.24) is 10.6 Å². The fourth-order valence-electron chi connectivity index (χ4n) is 1.24. The van der Waals surface area contributed by atoms with Gasteiger partial charge in [0.2, 0.25) is 0 Å². The van der Waals surface area contributed by atoms with Gasteiger partial charge in [-0.15, -0.1) is 0 Å². The molecule has 66 valence electrons. The number of hydrogen-bond donors (Lipinski definition) is 2. The lowest BCUT2D eigenvalue weighted by Crippen LogP contribution is -2.65. The molecule has 0 radical (unpaired) electrons. The molecule has 1 unspecified atom stereocenters. The van der Waals surface area contributed by atoms with Gasteiger partial charge in [0.25, 0.3) is 0 Å². The van der Waals surface area contributed by atoms with Crippen molar-refractivity contribution in [3.63, 3.8) is 0 Å². The van der Waals surface area contributed by atoms with Crippen LogP contribution in [0.25, 0.3) is 0 Å². The Morgan fingerprint density at radius 3 is 2.09 bits per heavy atom. The van der Waals surface area contributed by atoms with Gasteiger partial charge in [0.05, 0.1) is 0 Å². The fraction of sp³-hybridized carbons (Fsp3) is 1.00. The highest BCUT2D eigenvalue weighted by Crippen LogP contribution is 2.15. The lowest BCUT2D eigenvalue weighted by atomic mass is 9.91. The number of hydrogen-bond acceptors (Lipinski definition) is 2. The van der Waals surface area contributed by atoms with Gasteiger partial charge in [0.15, 0.2) is 0 Å². The predicted molar refractivity (Wildman–Crippen MR) is 48.8 cm³/mol. The summed E-state index contributed by atoms with van der Waals surface area (Å²) in [4.78, 5) is 0. The summed E-state index contributed by atoms with van der Waals surface area (Å²) in [6, 6.07) is 0. The second kappa shape index (κ2) is 2.76. The highest BCUT2D eigenvalue weighted by Gasteiger charge is 2.31. The zero-order valence-electron chi connectivity index (χ0n) is 8.12. The van der Waals surface area contributed by atoms with Crippen LogP contribution in [0.5, 0.6) is 0 Å². The van der Waals surface area contributed by atoms with Gasteiger partial charge in [0.1, 0.15) is 0 Å². The molecule has 2 nitrogen and oxygen atoms in total. The minimum atomic E-state index is 0.272. The zero-order valence-corrected chi connectivity index (χ0v) is 8.12. The van der Waals surface area contributed by atoms with Crippen molar-refractivity contribution < 1.29 is 0 Å². The molecule has 0 aromatic heterocycles. The molecule has 1 heterocycles. The van der Waals surface area contributed by atoms with E-state index in [9.17, 15) is 0 Å². The van der Waals surface area contributed by atoms with Crippen molar-refractivity contribution in [2.75, 3.05) is 13.1 Å². The van der Waals surface area contributed by atoms with Crippen LogP contribution in [0.15, 0.2) is 0 Å². The molecule has 1 aliphatic rings. The molecule has 0 bridgehead atoms. The van der Waals surface area contributed by atoms with Crippen molar-refractivity contribution in [2.24, 2.45) is 0 Å². The molecule has 11 heavy (non-hydrogen) atoms. The van der Waals surface area contributed by atoms with Crippen LogP contribution in [0.4, 0.5) is 0 Å². The Morgan fingerprint density at radius 1 is 1.09 bits per heavy atom. The Labute approximate surface area is 69.8 Å². The average Bonchev–Trinajstić information content (AvgIpc) is 1.97. The maximum atomic E-state index is 3.57. The second-order valence-corrected chi connectivity index (χ2v) is 4.51. The minimum absolute atomic E-state index is 0.272. The molecule has 0 saturated carbocycles. The molecule has 0 spiro atoms. The summed E-state index contributed by atoms with van der Waals surface area (Å²) in [5.41, 5.74) is 0.587. The van der Waals surface area contributed by atoms with E-state index in [1.54, 1.807) is 0 Å². The molecule has 1 aliphatic heterocycles. The fourth-order valence-corrected chi connectivity index (χ4v) is 1.24. The molecule has 0 amide bonds. The summed E-state index contributed by atoms with van der Waals surface area (Å²) in [6.07, 6.45) is 1.19. The number of rotatable bonds is 1. The monoisotopic (exact) mass is 156 g/mol. The van der Waals surface area contributed by atoms with Gasteiger partial charge in [0, 0.05) is 24.2 Å². The van der Waals surface area contributed by atoms with Crippen LogP contribution >= 0.6 is 0 Å². The summed E-state index contributed by atoms with van der Waals surface area (Å²) in [7, 11) is 0. The SMILES string of the molecule is CCC1(C)CNC(C)(C)CN1. The quantitative estimate of drug-likeness (QED) is 0.594. The molecule has 1 saturated heterocycles. The van der Waals surface area contributed by atoms with Gasteiger partial charge in [-0.3, -0.25) is 0 Å². The average molecular weight is 156 g/mol. The van der Waals surface area contributed by atoms with E-state index in [4.69, 9.17) is 0 Å². The van der Waals surface area contributed by atoms with Crippen molar-refractivity contribution in [3.8, 4) is 0 Å². The third-order valence-electron chi connectivity index (χ3n) is 2.69. The molecule has 1 rings (SSSR count). The summed E-state index contributed by atoms with van der Waals surface area (Å²) < 4.78 is 0. The maximum absolute atomic E-state index is 3.57. The van der Waals surface area contributed by atoms with E-state index in [0.29, 0.717) is 5.54 Å². The Bertz CT molecular complexity index is 130. The Balaban J connectivity index is 2.48. The standard InChI is InChI=1S/C9H20N2/c1-5-9(4)7-10-8(2,3)6-11-9/h10-11H,5-7H2,1-4H3. The van der Waals surface area contributed by atoms with E-state index < -0.39 is 0 Å². The van der Waals surface area contributed by atoms with Crippen LogP contribution in [0.1, 0.15) is 34.1 Å². The first-order valence-electron chi connectivity index (χ1n) is 4.47. The van der Waals surface area contributed by atoms with Crippen molar-refractivity contribution in [3.05, 3.63) is 0 Å². The van der Waals surface area contributed by atoms with E-state index in [2.05, 4.69) is 38.3 Å².